The van der Waals surface area contributed by atoms with Gasteiger partial charge in [0.1, 0.15) is 23.2 Å². The van der Waals surface area contributed by atoms with Crippen LogP contribution in [-0.2, 0) is 16.0 Å². The molecule has 1 fully saturated rings. The van der Waals surface area contributed by atoms with Crippen molar-refractivity contribution in [3.05, 3.63) is 29.3 Å². The lowest BCUT2D eigenvalue weighted by atomic mass is 9.79. The van der Waals surface area contributed by atoms with Crippen molar-refractivity contribution in [2.24, 2.45) is 5.90 Å². The van der Waals surface area contributed by atoms with Crippen molar-refractivity contribution < 1.29 is 14.4 Å². The van der Waals surface area contributed by atoms with Crippen LogP contribution in [0, 0.1) is 0 Å². The highest BCUT2D eigenvalue weighted by atomic mass is 16.6. The molecular formula is C14H17NO3. The van der Waals surface area contributed by atoms with Gasteiger partial charge in [-0.25, -0.2) is 0 Å². The summed E-state index contributed by atoms with van der Waals surface area (Å²) in [6, 6.07) is 5.28. The first-order valence-corrected chi connectivity index (χ1v) is 6.22. The molecule has 0 amide bonds. The van der Waals surface area contributed by atoms with Gasteiger partial charge >= 0.3 is 0 Å². The lowest BCUT2D eigenvalue weighted by Gasteiger charge is -2.22. The van der Waals surface area contributed by atoms with Crippen molar-refractivity contribution in [3.63, 3.8) is 0 Å². The van der Waals surface area contributed by atoms with E-state index in [0.717, 1.165) is 17.5 Å². The quantitative estimate of drug-likeness (QED) is 0.654. The predicted molar refractivity (Wildman–Crippen MR) is 67.2 cm³/mol. The van der Waals surface area contributed by atoms with E-state index >= 15 is 0 Å². The second-order valence-corrected chi connectivity index (χ2v) is 4.55. The fraction of sp³-hybridized carbons (Fsp3) is 0.429. The van der Waals surface area contributed by atoms with Crippen LogP contribution in [0.5, 0.6) is 5.75 Å². The summed E-state index contributed by atoms with van der Waals surface area (Å²) in [5, 5.41) is 0. The number of Topliss-reactive ketones (excluding diaryl/α,β-unsaturated/α-hetero) is 2. The maximum absolute atomic E-state index is 12.0. The van der Waals surface area contributed by atoms with E-state index in [2.05, 4.69) is 4.84 Å². The van der Waals surface area contributed by atoms with Crippen LogP contribution in [0.4, 0.5) is 0 Å². The predicted octanol–water partition coefficient (Wildman–Crippen LogP) is 1.91. The summed E-state index contributed by atoms with van der Waals surface area (Å²) >= 11 is 0. The summed E-state index contributed by atoms with van der Waals surface area (Å²) in [6.07, 6.45) is 2.41. The molecule has 2 N–H and O–H groups in total. The Hall–Kier alpha value is -1.68. The van der Waals surface area contributed by atoms with Crippen LogP contribution in [-0.4, -0.2) is 11.6 Å². The summed E-state index contributed by atoms with van der Waals surface area (Å²) in [6.45, 7) is 1.98. The standard InChI is InChI=1S/C14H17NO3/c1-2-9-8-10(18-15)6-7-11(9)14-12(16)4-3-5-13(14)17/h6-8,14H,2-5,15H2,1H3. The maximum atomic E-state index is 12.0. The van der Waals surface area contributed by atoms with E-state index in [1.807, 2.05) is 6.92 Å². The SMILES string of the molecule is CCc1cc(ON)ccc1C1C(=O)CCCC1=O. The molecule has 0 atom stereocenters. The fourth-order valence-electron chi connectivity index (χ4n) is 2.50. The highest BCUT2D eigenvalue weighted by Crippen LogP contribution is 2.31. The van der Waals surface area contributed by atoms with Crippen molar-refractivity contribution >= 4 is 11.6 Å². The number of hydrogen-bond donors (Lipinski definition) is 1. The van der Waals surface area contributed by atoms with Crippen molar-refractivity contribution in [3.8, 4) is 5.75 Å². The summed E-state index contributed by atoms with van der Waals surface area (Å²) in [5.41, 5.74) is 1.76. The van der Waals surface area contributed by atoms with Gasteiger partial charge in [0.25, 0.3) is 0 Å². The number of rotatable bonds is 3. The maximum Gasteiger partial charge on any atom is 0.147 e. The number of benzene rings is 1. The number of hydrogen-bond acceptors (Lipinski definition) is 4. The van der Waals surface area contributed by atoms with E-state index in [9.17, 15) is 9.59 Å². The highest BCUT2D eigenvalue weighted by molar-refractivity contribution is 6.09. The van der Waals surface area contributed by atoms with Crippen molar-refractivity contribution in [1.82, 2.24) is 0 Å². The average Bonchev–Trinajstić information content (AvgIpc) is 2.38. The molecule has 0 unspecified atom stereocenters. The van der Waals surface area contributed by atoms with Crippen molar-refractivity contribution in [2.75, 3.05) is 0 Å². The molecule has 1 aliphatic rings. The van der Waals surface area contributed by atoms with E-state index < -0.39 is 5.92 Å². The monoisotopic (exact) mass is 247 g/mol. The summed E-state index contributed by atoms with van der Waals surface area (Å²) < 4.78 is 0. The van der Waals surface area contributed by atoms with Crippen LogP contribution in [0.3, 0.4) is 0 Å². The normalized spacial score (nSPS) is 17.0. The molecule has 2 rings (SSSR count). The van der Waals surface area contributed by atoms with E-state index in [4.69, 9.17) is 5.90 Å². The number of aryl methyl sites for hydroxylation is 1. The van der Waals surface area contributed by atoms with Crippen molar-refractivity contribution in [2.45, 2.75) is 38.5 Å². The highest BCUT2D eigenvalue weighted by Gasteiger charge is 2.32. The van der Waals surface area contributed by atoms with Gasteiger partial charge in [0, 0.05) is 12.8 Å². The molecule has 1 aliphatic carbocycles. The van der Waals surface area contributed by atoms with Gasteiger partial charge in [0.2, 0.25) is 0 Å². The first kappa shape index (κ1) is 12.8. The Morgan fingerprint density at radius 3 is 2.50 bits per heavy atom. The molecular weight excluding hydrogens is 230 g/mol. The number of carbonyl (C=O) groups excluding carboxylic acids is 2. The average molecular weight is 247 g/mol. The van der Waals surface area contributed by atoms with Gasteiger partial charge in [-0.2, -0.15) is 5.90 Å². The van der Waals surface area contributed by atoms with E-state index in [1.165, 1.54) is 0 Å². The third-order valence-corrected chi connectivity index (χ3v) is 3.43. The van der Waals surface area contributed by atoms with Gasteiger partial charge in [-0.05, 0) is 36.1 Å². The Morgan fingerprint density at radius 1 is 1.28 bits per heavy atom. The van der Waals surface area contributed by atoms with E-state index in [0.29, 0.717) is 25.0 Å². The largest absolute Gasteiger partial charge is 0.412 e. The molecule has 0 bridgehead atoms. The summed E-state index contributed by atoms with van der Waals surface area (Å²) in [4.78, 5) is 28.6. The van der Waals surface area contributed by atoms with Crippen LogP contribution in [0.15, 0.2) is 18.2 Å². The molecule has 1 saturated carbocycles. The molecule has 0 saturated heterocycles. The minimum absolute atomic E-state index is 0.0300. The topological polar surface area (TPSA) is 69.4 Å². The molecule has 0 aliphatic heterocycles. The molecule has 0 aromatic heterocycles. The zero-order chi connectivity index (χ0) is 13.1. The number of nitrogens with two attached hydrogens (primary N) is 1. The van der Waals surface area contributed by atoms with Crippen LogP contribution in [0.2, 0.25) is 0 Å². The molecule has 4 heteroatoms. The molecule has 96 valence electrons. The zero-order valence-corrected chi connectivity index (χ0v) is 10.4. The molecule has 0 heterocycles. The lowest BCUT2D eigenvalue weighted by molar-refractivity contribution is -0.131. The Bertz CT molecular complexity index is 466. The third kappa shape index (κ3) is 2.29. The van der Waals surface area contributed by atoms with Crippen LogP contribution in [0.25, 0.3) is 0 Å². The zero-order valence-electron chi connectivity index (χ0n) is 10.4. The van der Waals surface area contributed by atoms with Gasteiger partial charge in [-0.1, -0.05) is 13.0 Å². The minimum Gasteiger partial charge on any atom is -0.412 e. The Balaban J connectivity index is 2.42. The molecule has 1 aromatic rings. The van der Waals surface area contributed by atoms with Gasteiger partial charge in [-0.15, -0.1) is 0 Å². The number of carbonyl (C=O) groups is 2. The van der Waals surface area contributed by atoms with Gasteiger partial charge < -0.3 is 4.84 Å². The van der Waals surface area contributed by atoms with Crippen LogP contribution < -0.4 is 10.7 Å². The van der Waals surface area contributed by atoms with E-state index in [-0.39, 0.29) is 11.6 Å². The fourth-order valence-corrected chi connectivity index (χ4v) is 2.50. The number of ketones is 2. The van der Waals surface area contributed by atoms with Crippen LogP contribution in [0.1, 0.15) is 43.2 Å². The Labute approximate surface area is 106 Å². The van der Waals surface area contributed by atoms with Gasteiger partial charge in [-0.3, -0.25) is 9.59 Å². The van der Waals surface area contributed by atoms with Crippen LogP contribution >= 0.6 is 0 Å². The third-order valence-electron chi connectivity index (χ3n) is 3.43. The Kier molecular flexibility index (Phi) is 3.77. The molecule has 0 spiro atoms. The van der Waals surface area contributed by atoms with E-state index in [1.54, 1.807) is 18.2 Å². The van der Waals surface area contributed by atoms with Gasteiger partial charge in [0.05, 0.1) is 0 Å². The summed E-state index contributed by atoms with van der Waals surface area (Å²) in [7, 11) is 0. The first-order valence-electron chi connectivity index (χ1n) is 6.22. The Morgan fingerprint density at radius 2 is 1.94 bits per heavy atom. The van der Waals surface area contributed by atoms with Crippen molar-refractivity contribution in [1.29, 1.82) is 0 Å². The second kappa shape index (κ2) is 5.31. The molecule has 18 heavy (non-hydrogen) atoms. The van der Waals surface area contributed by atoms with Gasteiger partial charge in [0.15, 0.2) is 0 Å². The first-order chi connectivity index (χ1) is 8.67. The molecule has 0 radical (unpaired) electrons. The smallest absolute Gasteiger partial charge is 0.147 e. The minimum atomic E-state index is -0.583. The molecule has 1 aromatic carbocycles. The lowest BCUT2D eigenvalue weighted by Crippen LogP contribution is -2.27. The summed E-state index contributed by atoms with van der Waals surface area (Å²) in [5.74, 6) is 5.15. The molecule has 4 nitrogen and oxygen atoms in total. The second-order valence-electron chi connectivity index (χ2n) is 4.55.